The molecule has 0 heterocycles. The Morgan fingerprint density at radius 2 is 1.71 bits per heavy atom. The average Bonchev–Trinajstić information content (AvgIpc) is 3.06. The van der Waals surface area contributed by atoms with Gasteiger partial charge in [0, 0.05) is 0 Å². The van der Waals surface area contributed by atoms with Crippen molar-refractivity contribution in [2.24, 2.45) is 58.2 Å². The van der Waals surface area contributed by atoms with E-state index in [1.54, 1.807) is 0 Å². The summed E-state index contributed by atoms with van der Waals surface area (Å²) >= 11 is 0. The van der Waals surface area contributed by atoms with Crippen LogP contribution in [0.15, 0.2) is 12.7 Å². The molecule has 0 saturated heterocycles. The highest BCUT2D eigenvalue weighted by Gasteiger charge is 2.61. The van der Waals surface area contributed by atoms with Gasteiger partial charge in [-0.05, 0) is 116 Å². The molecular weight excluding hydrogens is 376 g/mol. The van der Waals surface area contributed by atoms with Crippen LogP contribution in [0, 0.1) is 58.2 Å². The molecule has 1 heteroatoms. The van der Waals surface area contributed by atoms with Gasteiger partial charge in [0.1, 0.15) is 0 Å². The van der Waals surface area contributed by atoms with E-state index in [2.05, 4.69) is 47.3 Å². The maximum Gasteiger partial charge on any atom is 0.0574 e. The molecule has 10 atom stereocenters. The first kappa shape index (κ1) is 23.8. The minimum atomic E-state index is -0.0935. The van der Waals surface area contributed by atoms with Gasteiger partial charge in [-0.25, -0.2) is 0 Å². The first-order valence-corrected chi connectivity index (χ1v) is 14.0. The second-order valence-corrected chi connectivity index (χ2v) is 13.5. The van der Waals surface area contributed by atoms with Crippen molar-refractivity contribution in [3.05, 3.63) is 12.7 Å². The summed E-state index contributed by atoms with van der Waals surface area (Å²) in [6.07, 6.45) is 18.2. The molecule has 4 fully saturated rings. The lowest BCUT2D eigenvalue weighted by Gasteiger charge is -2.62. The highest BCUT2D eigenvalue weighted by atomic mass is 16.3. The second-order valence-electron chi connectivity index (χ2n) is 13.5. The fourth-order valence-electron chi connectivity index (χ4n) is 9.90. The number of allylic oxidation sites excluding steroid dienone is 1. The molecule has 0 aliphatic heterocycles. The Kier molecular flexibility index (Phi) is 7.04. The Labute approximate surface area is 193 Å². The van der Waals surface area contributed by atoms with Gasteiger partial charge in [0.25, 0.3) is 0 Å². The molecule has 4 saturated carbocycles. The van der Waals surface area contributed by atoms with Crippen LogP contribution in [0.4, 0.5) is 0 Å². The minimum Gasteiger partial charge on any atom is -0.393 e. The molecule has 0 radical (unpaired) electrons. The van der Waals surface area contributed by atoms with Crippen molar-refractivity contribution in [1.82, 2.24) is 0 Å². The van der Waals surface area contributed by atoms with Crippen LogP contribution in [-0.2, 0) is 0 Å². The zero-order chi connectivity index (χ0) is 22.4. The van der Waals surface area contributed by atoms with Crippen molar-refractivity contribution in [2.45, 2.75) is 118 Å². The van der Waals surface area contributed by atoms with Crippen molar-refractivity contribution in [3.63, 3.8) is 0 Å². The summed E-state index contributed by atoms with van der Waals surface area (Å²) in [5.41, 5.74) is 1.05. The van der Waals surface area contributed by atoms with Crippen molar-refractivity contribution < 1.29 is 5.11 Å². The van der Waals surface area contributed by atoms with Gasteiger partial charge in [0.2, 0.25) is 0 Å². The molecule has 1 nitrogen and oxygen atoms in total. The number of hydrogen-bond donors (Lipinski definition) is 1. The van der Waals surface area contributed by atoms with Gasteiger partial charge in [-0.3, -0.25) is 0 Å². The van der Waals surface area contributed by atoms with Crippen LogP contribution >= 0.6 is 0 Å². The lowest BCUT2D eigenvalue weighted by molar-refractivity contribution is -0.144. The molecule has 0 aromatic carbocycles. The van der Waals surface area contributed by atoms with Gasteiger partial charge < -0.3 is 5.11 Å². The third kappa shape index (κ3) is 4.20. The maximum atomic E-state index is 10.8. The summed E-state index contributed by atoms with van der Waals surface area (Å²) < 4.78 is 0. The molecule has 1 N–H and O–H groups in total. The topological polar surface area (TPSA) is 20.2 Å². The third-order valence-corrected chi connectivity index (χ3v) is 11.5. The lowest BCUT2D eigenvalue weighted by atomic mass is 9.43. The van der Waals surface area contributed by atoms with Gasteiger partial charge in [-0.1, -0.05) is 60.0 Å². The standard InChI is InChI=1S/C30H52O/c1-7-9-22-19-30(6)23(18-28(22)31)12-13-24-26-15-14-25(21(4)11-8-10-20(2)3)29(26,5)17-16-27(24)30/h7,20-28,31H,1,8-19H2,2-6H3/t21-,22-,23?,24+,25-,26+,27+,28-,29-,30+/m1/s1. The maximum absolute atomic E-state index is 10.8. The Bertz CT molecular complexity index is 624. The second kappa shape index (κ2) is 9.15. The van der Waals surface area contributed by atoms with Crippen molar-refractivity contribution >= 4 is 0 Å². The normalized spacial score (nSPS) is 48.0. The molecule has 0 aromatic rings. The Hall–Kier alpha value is -0.300. The molecule has 31 heavy (non-hydrogen) atoms. The van der Waals surface area contributed by atoms with Crippen LogP contribution in [0.25, 0.3) is 0 Å². The van der Waals surface area contributed by atoms with Crippen molar-refractivity contribution in [2.75, 3.05) is 0 Å². The fourth-order valence-corrected chi connectivity index (χ4v) is 9.90. The van der Waals surface area contributed by atoms with E-state index < -0.39 is 0 Å². The summed E-state index contributed by atoms with van der Waals surface area (Å²) in [6.45, 7) is 16.7. The van der Waals surface area contributed by atoms with Gasteiger partial charge in [-0.2, -0.15) is 0 Å². The highest BCUT2D eigenvalue weighted by molar-refractivity contribution is 5.10. The lowest BCUT2D eigenvalue weighted by Crippen LogP contribution is -2.55. The first-order chi connectivity index (χ1) is 14.7. The largest absolute Gasteiger partial charge is 0.393 e. The van der Waals surface area contributed by atoms with E-state index in [4.69, 9.17) is 0 Å². The third-order valence-electron chi connectivity index (χ3n) is 11.5. The van der Waals surface area contributed by atoms with Crippen LogP contribution in [0.3, 0.4) is 0 Å². The molecule has 1 unspecified atom stereocenters. The van der Waals surface area contributed by atoms with Crippen LogP contribution < -0.4 is 0 Å². The molecule has 0 spiro atoms. The minimum absolute atomic E-state index is 0.0935. The number of aliphatic hydroxyl groups excluding tert-OH is 1. The van der Waals surface area contributed by atoms with Crippen molar-refractivity contribution in [3.8, 4) is 0 Å². The molecule has 4 rings (SSSR count). The van der Waals surface area contributed by atoms with Crippen LogP contribution in [0.1, 0.15) is 112 Å². The predicted octanol–water partition coefficient (Wildman–Crippen LogP) is 8.27. The Morgan fingerprint density at radius 3 is 2.42 bits per heavy atom. The zero-order valence-electron chi connectivity index (χ0n) is 21.4. The summed E-state index contributed by atoms with van der Waals surface area (Å²) in [4.78, 5) is 0. The first-order valence-electron chi connectivity index (χ1n) is 14.0. The summed E-state index contributed by atoms with van der Waals surface area (Å²) in [6, 6.07) is 0. The van der Waals surface area contributed by atoms with E-state index >= 15 is 0 Å². The Balaban J connectivity index is 1.48. The van der Waals surface area contributed by atoms with Crippen LogP contribution in [-0.4, -0.2) is 11.2 Å². The predicted molar refractivity (Wildman–Crippen MR) is 133 cm³/mol. The van der Waals surface area contributed by atoms with Gasteiger partial charge >= 0.3 is 0 Å². The van der Waals surface area contributed by atoms with E-state index in [0.29, 0.717) is 16.7 Å². The number of hydrogen-bond acceptors (Lipinski definition) is 1. The molecule has 4 aliphatic carbocycles. The number of fused-ring (bicyclic) bond motifs is 5. The van der Waals surface area contributed by atoms with Gasteiger partial charge in [0.15, 0.2) is 0 Å². The van der Waals surface area contributed by atoms with Crippen molar-refractivity contribution in [1.29, 1.82) is 0 Å². The summed E-state index contributed by atoms with van der Waals surface area (Å²) in [5, 5.41) is 10.8. The molecular formula is C30H52O. The SMILES string of the molecule is C=CC[C@@H]1C[C@@]2(C)C(CC[C@H]3[C@@H]4CC[C@H]([C@H](C)CCCC(C)C)[C@@]4(C)CC[C@@H]32)C[C@H]1O. The summed E-state index contributed by atoms with van der Waals surface area (Å²) in [7, 11) is 0. The highest BCUT2D eigenvalue weighted by Crippen LogP contribution is 2.68. The zero-order valence-corrected chi connectivity index (χ0v) is 21.4. The monoisotopic (exact) mass is 428 g/mol. The molecule has 0 bridgehead atoms. The number of rotatable bonds is 7. The van der Waals surface area contributed by atoms with Crippen LogP contribution in [0.2, 0.25) is 0 Å². The molecule has 178 valence electrons. The van der Waals surface area contributed by atoms with E-state index in [9.17, 15) is 5.11 Å². The van der Waals surface area contributed by atoms with Gasteiger partial charge in [0.05, 0.1) is 6.10 Å². The quantitative estimate of drug-likeness (QED) is 0.404. The van der Waals surface area contributed by atoms with E-state index in [0.717, 1.165) is 54.3 Å². The van der Waals surface area contributed by atoms with E-state index in [-0.39, 0.29) is 6.10 Å². The molecule has 4 aliphatic rings. The fraction of sp³-hybridized carbons (Fsp3) is 0.933. The molecule has 0 amide bonds. The van der Waals surface area contributed by atoms with Gasteiger partial charge in [-0.15, -0.1) is 6.58 Å². The number of aliphatic hydroxyl groups is 1. The Morgan fingerprint density at radius 1 is 0.968 bits per heavy atom. The van der Waals surface area contributed by atoms with E-state index in [1.807, 2.05) is 0 Å². The average molecular weight is 429 g/mol. The van der Waals surface area contributed by atoms with Crippen LogP contribution in [0.5, 0.6) is 0 Å². The summed E-state index contributed by atoms with van der Waals surface area (Å²) in [5.74, 6) is 6.73. The molecule has 0 aromatic heterocycles. The smallest absolute Gasteiger partial charge is 0.0574 e. The van der Waals surface area contributed by atoms with E-state index in [1.165, 1.54) is 64.2 Å².